The first-order valence-corrected chi connectivity index (χ1v) is 8.82. The second-order valence-corrected chi connectivity index (χ2v) is 6.24. The molecule has 3 N–H and O–H groups in total. The number of nitrogens with one attached hydrogen (secondary N) is 3. The quantitative estimate of drug-likeness (QED) is 0.399. The Kier molecular flexibility index (Phi) is 6.22. The van der Waals surface area contributed by atoms with Gasteiger partial charge in [0.25, 0.3) is 0 Å². The fourth-order valence-corrected chi connectivity index (χ4v) is 2.59. The van der Waals surface area contributed by atoms with E-state index in [1.54, 1.807) is 24.3 Å². The predicted octanol–water partition coefficient (Wildman–Crippen LogP) is 2.07. The van der Waals surface area contributed by atoms with Gasteiger partial charge in [0.15, 0.2) is 22.4 Å². The SMILES string of the molecule is O=C(CCC(=O)c1ccccc1)NNC(=S)NCc1ccc2c(c1)OCO2. The van der Waals surface area contributed by atoms with Crippen molar-refractivity contribution < 1.29 is 19.1 Å². The molecule has 1 heterocycles. The molecule has 0 aromatic heterocycles. The molecule has 1 aliphatic rings. The molecule has 27 heavy (non-hydrogen) atoms. The Balaban J connectivity index is 1.35. The summed E-state index contributed by atoms with van der Waals surface area (Å²) in [7, 11) is 0. The lowest BCUT2D eigenvalue weighted by Crippen LogP contribution is -2.46. The van der Waals surface area contributed by atoms with Crippen molar-refractivity contribution in [2.45, 2.75) is 19.4 Å². The van der Waals surface area contributed by atoms with Crippen molar-refractivity contribution in [3.05, 3.63) is 59.7 Å². The molecule has 3 rings (SSSR count). The number of carbonyl (C=O) groups is 2. The zero-order chi connectivity index (χ0) is 19.1. The normalized spacial score (nSPS) is 11.6. The van der Waals surface area contributed by atoms with Gasteiger partial charge in [0.05, 0.1) is 0 Å². The van der Waals surface area contributed by atoms with Crippen molar-refractivity contribution in [1.29, 1.82) is 0 Å². The Labute approximate surface area is 162 Å². The molecule has 0 saturated carbocycles. The molecular weight excluding hydrogens is 366 g/mol. The first-order valence-electron chi connectivity index (χ1n) is 8.41. The molecule has 0 fully saturated rings. The molecule has 2 aromatic rings. The molecule has 1 aliphatic heterocycles. The number of Topliss-reactive ketones (excluding diaryl/α,β-unsaturated/α-hetero) is 1. The van der Waals surface area contributed by atoms with Gasteiger partial charge in [0.1, 0.15) is 0 Å². The van der Waals surface area contributed by atoms with Gasteiger partial charge in [-0.3, -0.25) is 20.4 Å². The van der Waals surface area contributed by atoms with Gasteiger partial charge in [0, 0.05) is 24.9 Å². The first-order chi connectivity index (χ1) is 13.1. The van der Waals surface area contributed by atoms with E-state index in [0.29, 0.717) is 17.9 Å². The Morgan fingerprint density at radius 2 is 1.74 bits per heavy atom. The summed E-state index contributed by atoms with van der Waals surface area (Å²) in [6.07, 6.45) is 0.209. The summed E-state index contributed by atoms with van der Waals surface area (Å²) >= 11 is 5.12. The van der Waals surface area contributed by atoms with Crippen molar-refractivity contribution >= 4 is 29.0 Å². The Morgan fingerprint density at radius 1 is 0.963 bits per heavy atom. The average molecular weight is 385 g/mol. The Morgan fingerprint density at radius 3 is 2.56 bits per heavy atom. The summed E-state index contributed by atoms with van der Waals surface area (Å²) in [5.41, 5.74) is 6.66. The number of ether oxygens (including phenoxy) is 2. The maximum Gasteiger partial charge on any atom is 0.238 e. The molecule has 0 aliphatic carbocycles. The molecule has 0 radical (unpaired) electrons. The molecule has 1 amide bonds. The molecule has 2 aromatic carbocycles. The number of carbonyl (C=O) groups excluding carboxylic acids is 2. The number of hydrogen-bond acceptors (Lipinski definition) is 5. The van der Waals surface area contributed by atoms with E-state index in [0.717, 1.165) is 11.3 Å². The van der Waals surface area contributed by atoms with Crippen molar-refractivity contribution in [2.24, 2.45) is 0 Å². The van der Waals surface area contributed by atoms with E-state index in [2.05, 4.69) is 16.2 Å². The minimum Gasteiger partial charge on any atom is -0.454 e. The lowest BCUT2D eigenvalue weighted by atomic mass is 10.1. The number of rotatable bonds is 6. The van der Waals surface area contributed by atoms with E-state index in [9.17, 15) is 9.59 Å². The average Bonchev–Trinajstić information content (AvgIpc) is 3.17. The maximum atomic E-state index is 12.0. The first kappa shape index (κ1) is 18.7. The number of hydrazine groups is 1. The highest BCUT2D eigenvalue weighted by Crippen LogP contribution is 2.32. The van der Waals surface area contributed by atoms with Crippen LogP contribution >= 0.6 is 12.2 Å². The highest BCUT2D eigenvalue weighted by atomic mass is 32.1. The van der Waals surface area contributed by atoms with Gasteiger partial charge in [0.2, 0.25) is 12.7 Å². The summed E-state index contributed by atoms with van der Waals surface area (Å²) in [6.45, 7) is 0.690. The van der Waals surface area contributed by atoms with E-state index >= 15 is 0 Å². The fraction of sp³-hybridized carbons (Fsp3) is 0.211. The van der Waals surface area contributed by atoms with Gasteiger partial charge in [-0.15, -0.1) is 0 Å². The summed E-state index contributed by atoms with van der Waals surface area (Å²) in [5.74, 6) is 1.03. The second-order valence-electron chi connectivity index (χ2n) is 5.83. The maximum absolute atomic E-state index is 12.0. The van der Waals surface area contributed by atoms with Gasteiger partial charge >= 0.3 is 0 Å². The number of fused-ring (bicyclic) bond motifs is 1. The minimum absolute atomic E-state index is 0.0748. The van der Waals surface area contributed by atoms with Crippen LogP contribution in [0, 0.1) is 0 Å². The fourth-order valence-electron chi connectivity index (χ4n) is 2.46. The summed E-state index contributed by atoms with van der Waals surface area (Å²) < 4.78 is 10.6. The number of thiocarbonyl (C=S) groups is 1. The predicted molar refractivity (Wildman–Crippen MR) is 103 cm³/mol. The van der Waals surface area contributed by atoms with Gasteiger partial charge in [-0.25, -0.2) is 0 Å². The molecule has 8 heteroatoms. The monoisotopic (exact) mass is 385 g/mol. The Bertz CT molecular complexity index is 842. The minimum atomic E-state index is -0.313. The van der Waals surface area contributed by atoms with E-state index < -0.39 is 0 Å². The largest absolute Gasteiger partial charge is 0.454 e. The zero-order valence-corrected chi connectivity index (χ0v) is 15.3. The van der Waals surface area contributed by atoms with Crippen LogP contribution in [-0.4, -0.2) is 23.6 Å². The van der Waals surface area contributed by atoms with E-state index in [1.807, 2.05) is 24.3 Å². The highest BCUT2D eigenvalue weighted by molar-refractivity contribution is 7.80. The number of ketones is 1. The topological polar surface area (TPSA) is 88.7 Å². The summed E-state index contributed by atoms with van der Waals surface area (Å²) in [4.78, 5) is 23.8. The van der Waals surface area contributed by atoms with Crippen molar-refractivity contribution in [1.82, 2.24) is 16.2 Å². The smallest absolute Gasteiger partial charge is 0.238 e. The molecule has 0 saturated heterocycles. The lowest BCUT2D eigenvalue weighted by Gasteiger charge is -2.12. The molecule has 0 atom stereocenters. The molecule has 140 valence electrons. The Hall–Kier alpha value is -3.13. The van der Waals surface area contributed by atoms with Crippen LogP contribution in [0.15, 0.2) is 48.5 Å². The van der Waals surface area contributed by atoms with Crippen LogP contribution in [0.5, 0.6) is 11.5 Å². The van der Waals surface area contributed by atoms with E-state index in [1.165, 1.54) is 0 Å². The third-order valence-electron chi connectivity index (χ3n) is 3.88. The molecule has 0 spiro atoms. The van der Waals surface area contributed by atoms with Crippen LogP contribution < -0.4 is 25.6 Å². The van der Waals surface area contributed by atoms with Crippen LogP contribution in [0.4, 0.5) is 0 Å². The highest BCUT2D eigenvalue weighted by Gasteiger charge is 2.13. The molecule has 7 nitrogen and oxygen atoms in total. The third-order valence-corrected chi connectivity index (χ3v) is 4.13. The van der Waals surface area contributed by atoms with Gasteiger partial charge < -0.3 is 14.8 Å². The molecular formula is C19H19N3O4S. The van der Waals surface area contributed by atoms with Crippen LogP contribution in [0.25, 0.3) is 0 Å². The van der Waals surface area contributed by atoms with Crippen LogP contribution in [0.1, 0.15) is 28.8 Å². The lowest BCUT2D eigenvalue weighted by molar-refractivity contribution is -0.121. The van der Waals surface area contributed by atoms with E-state index in [4.69, 9.17) is 21.7 Å². The van der Waals surface area contributed by atoms with Crippen molar-refractivity contribution in [3.63, 3.8) is 0 Å². The molecule has 0 bridgehead atoms. The summed E-state index contributed by atoms with van der Waals surface area (Å²) in [5, 5.41) is 3.25. The van der Waals surface area contributed by atoms with Gasteiger partial charge in [-0.1, -0.05) is 36.4 Å². The number of amides is 1. The standard InChI is InChI=1S/C19H19N3O4S/c23-15(14-4-2-1-3-5-14)7-9-18(24)21-22-19(27)20-11-13-6-8-16-17(10-13)26-12-25-16/h1-6,8,10H,7,9,11-12H2,(H,21,24)(H2,20,22,27). The zero-order valence-electron chi connectivity index (χ0n) is 14.5. The van der Waals surface area contributed by atoms with Crippen LogP contribution in [0.3, 0.4) is 0 Å². The number of benzene rings is 2. The van der Waals surface area contributed by atoms with Gasteiger partial charge in [-0.05, 0) is 29.9 Å². The van der Waals surface area contributed by atoms with E-state index in [-0.39, 0.29) is 36.4 Å². The van der Waals surface area contributed by atoms with Crippen LogP contribution in [0.2, 0.25) is 0 Å². The summed E-state index contributed by atoms with van der Waals surface area (Å²) in [6, 6.07) is 14.5. The number of hydrogen-bond donors (Lipinski definition) is 3. The van der Waals surface area contributed by atoms with Crippen molar-refractivity contribution in [2.75, 3.05) is 6.79 Å². The third kappa shape index (κ3) is 5.42. The van der Waals surface area contributed by atoms with Gasteiger partial charge in [-0.2, -0.15) is 0 Å². The van der Waals surface area contributed by atoms with Crippen molar-refractivity contribution in [3.8, 4) is 11.5 Å². The molecule has 0 unspecified atom stereocenters. The van der Waals surface area contributed by atoms with Crippen LogP contribution in [-0.2, 0) is 11.3 Å². The second kappa shape index (κ2) is 9.00.